The molecule has 1 atom stereocenters. The van der Waals surface area contributed by atoms with Crippen molar-refractivity contribution in [2.24, 2.45) is 4.99 Å². The summed E-state index contributed by atoms with van der Waals surface area (Å²) in [5.74, 6) is 1.54. The van der Waals surface area contributed by atoms with Gasteiger partial charge in [-0.1, -0.05) is 42.5 Å². The lowest BCUT2D eigenvalue weighted by molar-refractivity contribution is 0.486. The van der Waals surface area contributed by atoms with E-state index in [9.17, 15) is 0 Å². The van der Waals surface area contributed by atoms with Crippen LogP contribution in [0.4, 0.5) is 0 Å². The Kier molecular flexibility index (Phi) is 7.02. The fourth-order valence-electron chi connectivity index (χ4n) is 3.57. The summed E-state index contributed by atoms with van der Waals surface area (Å²) in [4.78, 5) is 10.8. The molecule has 6 nitrogen and oxygen atoms in total. The molecule has 0 bridgehead atoms. The van der Waals surface area contributed by atoms with Crippen LogP contribution < -0.4 is 5.32 Å². The highest BCUT2D eigenvalue weighted by Gasteiger charge is 2.25. The van der Waals surface area contributed by atoms with Crippen molar-refractivity contribution in [1.82, 2.24) is 25.0 Å². The molecule has 1 aromatic heterocycles. The lowest BCUT2D eigenvalue weighted by atomic mass is 9.99. The number of aromatic nitrogens is 3. The van der Waals surface area contributed by atoms with Crippen molar-refractivity contribution >= 4 is 29.9 Å². The summed E-state index contributed by atoms with van der Waals surface area (Å²) in [5, 5.41) is 7.65. The second kappa shape index (κ2) is 9.68. The van der Waals surface area contributed by atoms with Gasteiger partial charge in [0.1, 0.15) is 12.7 Å². The van der Waals surface area contributed by atoms with E-state index >= 15 is 0 Å². The second-order valence-electron chi connectivity index (χ2n) is 6.75. The maximum Gasteiger partial charge on any atom is 0.193 e. The van der Waals surface area contributed by atoms with Gasteiger partial charge in [-0.3, -0.25) is 4.99 Å². The van der Waals surface area contributed by atoms with Crippen molar-refractivity contribution in [2.75, 3.05) is 20.1 Å². The Morgan fingerprint density at radius 3 is 2.61 bits per heavy atom. The molecule has 0 aliphatic carbocycles. The first-order valence-electron chi connectivity index (χ1n) is 9.28. The standard InChI is InChI=1S/C21H24N6.HI/c1-22-21(26-12-11-19(14-26)18-5-3-2-4-6-18)24-13-17-7-9-20(10-8-17)27-16-23-15-25-27;/h2-10,15-16,19H,11-14H2,1H3,(H,22,24);1H. The molecule has 0 saturated carbocycles. The van der Waals surface area contributed by atoms with Gasteiger partial charge in [0, 0.05) is 32.6 Å². The van der Waals surface area contributed by atoms with Gasteiger partial charge in [-0.05, 0) is 29.7 Å². The molecule has 3 aromatic rings. The molecule has 2 heterocycles. The average molecular weight is 488 g/mol. The molecule has 1 unspecified atom stereocenters. The topological polar surface area (TPSA) is 58.3 Å². The van der Waals surface area contributed by atoms with Gasteiger partial charge in [0.2, 0.25) is 0 Å². The fraction of sp³-hybridized carbons (Fsp3) is 0.286. The van der Waals surface area contributed by atoms with Crippen LogP contribution >= 0.6 is 24.0 Å². The summed E-state index contributed by atoms with van der Waals surface area (Å²) >= 11 is 0. The molecule has 1 aliphatic heterocycles. The molecule has 7 heteroatoms. The number of nitrogens with zero attached hydrogens (tertiary/aromatic N) is 5. The summed E-state index contributed by atoms with van der Waals surface area (Å²) in [5.41, 5.74) is 3.63. The van der Waals surface area contributed by atoms with E-state index < -0.39 is 0 Å². The highest BCUT2D eigenvalue weighted by atomic mass is 127. The normalized spacial score (nSPS) is 16.7. The van der Waals surface area contributed by atoms with Crippen molar-refractivity contribution in [1.29, 1.82) is 0 Å². The summed E-state index contributed by atoms with van der Waals surface area (Å²) < 4.78 is 1.75. The van der Waals surface area contributed by atoms with Crippen LogP contribution in [0.5, 0.6) is 0 Å². The van der Waals surface area contributed by atoms with E-state index in [4.69, 9.17) is 0 Å². The van der Waals surface area contributed by atoms with Gasteiger partial charge in [0.15, 0.2) is 5.96 Å². The van der Waals surface area contributed by atoms with Gasteiger partial charge < -0.3 is 10.2 Å². The van der Waals surface area contributed by atoms with Crippen LogP contribution in [0.2, 0.25) is 0 Å². The molecule has 0 radical (unpaired) electrons. The number of hydrogen-bond acceptors (Lipinski definition) is 3. The average Bonchev–Trinajstić information content (AvgIpc) is 3.42. The van der Waals surface area contributed by atoms with Gasteiger partial charge in [-0.2, -0.15) is 5.10 Å². The molecule has 2 aromatic carbocycles. The van der Waals surface area contributed by atoms with E-state index in [1.807, 2.05) is 7.05 Å². The van der Waals surface area contributed by atoms with Crippen LogP contribution in [0.25, 0.3) is 5.69 Å². The number of guanidine groups is 1. The minimum Gasteiger partial charge on any atom is -0.352 e. The third kappa shape index (κ3) is 4.70. The van der Waals surface area contributed by atoms with E-state index in [1.165, 1.54) is 17.5 Å². The van der Waals surface area contributed by atoms with Crippen molar-refractivity contribution in [3.8, 4) is 5.69 Å². The van der Waals surface area contributed by atoms with E-state index in [0.29, 0.717) is 5.92 Å². The maximum atomic E-state index is 4.48. The summed E-state index contributed by atoms with van der Waals surface area (Å²) in [6.07, 6.45) is 4.40. The van der Waals surface area contributed by atoms with E-state index in [-0.39, 0.29) is 24.0 Å². The highest BCUT2D eigenvalue weighted by molar-refractivity contribution is 14.0. The molecule has 0 amide bonds. The molecular formula is C21H25IN6. The Morgan fingerprint density at radius 2 is 1.93 bits per heavy atom. The minimum absolute atomic E-state index is 0. The van der Waals surface area contributed by atoms with Gasteiger partial charge >= 0.3 is 0 Å². The molecule has 1 saturated heterocycles. The van der Waals surface area contributed by atoms with Gasteiger partial charge in [-0.25, -0.2) is 9.67 Å². The van der Waals surface area contributed by atoms with Crippen LogP contribution in [0, 0.1) is 0 Å². The Hall–Kier alpha value is -2.42. The first-order valence-corrected chi connectivity index (χ1v) is 9.28. The highest BCUT2D eigenvalue weighted by Crippen LogP contribution is 2.26. The first kappa shape index (κ1) is 20.3. The molecule has 0 spiro atoms. The molecule has 1 aliphatic rings. The van der Waals surface area contributed by atoms with Crippen molar-refractivity contribution in [2.45, 2.75) is 18.9 Å². The van der Waals surface area contributed by atoms with Gasteiger partial charge in [0.25, 0.3) is 0 Å². The largest absolute Gasteiger partial charge is 0.352 e. The molecule has 1 N–H and O–H groups in total. The van der Waals surface area contributed by atoms with Crippen LogP contribution in [-0.4, -0.2) is 45.8 Å². The van der Waals surface area contributed by atoms with Gasteiger partial charge in [0.05, 0.1) is 5.69 Å². The fourth-order valence-corrected chi connectivity index (χ4v) is 3.57. The zero-order valence-corrected chi connectivity index (χ0v) is 18.2. The predicted molar refractivity (Wildman–Crippen MR) is 122 cm³/mol. The Bertz CT molecular complexity index is 877. The Morgan fingerprint density at radius 1 is 1.14 bits per heavy atom. The predicted octanol–water partition coefficient (Wildman–Crippen LogP) is 3.45. The van der Waals surface area contributed by atoms with E-state index in [2.05, 4.69) is 79.9 Å². The van der Waals surface area contributed by atoms with E-state index in [1.54, 1.807) is 11.0 Å². The number of hydrogen-bond donors (Lipinski definition) is 1. The quantitative estimate of drug-likeness (QED) is 0.347. The number of aliphatic imine (C=N–C) groups is 1. The van der Waals surface area contributed by atoms with Crippen LogP contribution in [0.1, 0.15) is 23.5 Å². The van der Waals surface area contributed by atoms with Crippen LogP contribution in [-0.2, 0) is 6.54 Å². The number of likely N-dealkylation sites (tertiary alicyclic amines) is 1. The third-order valence-electron chi connectivity index (χ3n) is 5.04. The summed E-state index contributed by atoms with van der Waals surface area (Å²) in [6.45, 7) is 2.79. The van der Waals surface area contributed by atoms with Crippen molar-refractivity contribution < 1.29 is 0 Å². The first-order chi connectivity index (χ1) is 13.3. The van der Waals surface area contributed by atoms with E-state index in [0.717, 1.165) is 37.7 Å². The smallest absolute Gasteiger partial charge is 0.193 e. The van der Waals surface area contributed by atoms with Gasteiger partial charge in [-0.15, -0.1) is 24.0 Å². The Balaban J connectivity index is 0.00000225. The molecule has 4 rings (SSSR count). The minimum atomic E-state index is 0. The summed E-state index contributed by atoms with van der Waals surface area (Å²) in [7, 11) is 1.85. The number of nitrogens with one attached hydrogen (secondary N) is 1. The molecular weight excluding hydrogens is 463 g/mol. The third-order valence-corrected chi connectivity index (χ3v) is 5.04. The van der Waals surface area contributed by atoms with Crippen LogP contribution in [0.3, 0.4) is 0 Å². The number of halogens is 1. The SMILES string of the molecule is CN=C(NCc1ccc(-n2cncn2)cc1)N1CCC(c2ccccc2)C1.I. The zero-order valence-electron chi connectivity index (χ0n) is 15.9. The summed E-state index contributed by atoms with van der Waals surface area (Å²) in [6, 6.07) is 19.1. The van der Waals surface area contributed by atoms with Crippen molar-refractivity contribution in [3.05, 3.63) is 78.4 Å². The molecule has 146 valence electrons. The number of benzene rings is 2. The molecule has 1 fully saturated rings. The zero-order chi connectivity index (χ0) is 18.5. The Labute approximate surface area is 182 Å². The maximum absolute atomic E-state index is 4.48. The second-order valence-corrected chi connectivity index (χ2v) is 6.75. The van der Waals surface area contributed by atoms with Crippen molar-refractivity contribution in [3.63, 3.8) is 0 Å². The monoisotopic (exact) mass is 488 g/mol. The van der Waals surface area contributed by atoms with Crippen LogP contribution in [0.15, 0.2) is 72.2 Å². The lowest BCUT2D eigenvalue weighted by Gasteiger charge is -2.22. The lowest BCUT2D eigenvalue weighted by Crippen LogP contribution is -2.39. The number of rotatable bonds is 4. The molecule has 28 heavy (non-hydrogen) atoms.